The molecule has 3 rings (SSSR count). The van der Waals surface area contributed by atoms with Gasteiger partial charge in [-0.05, 0) is 50.8 Å². The van der Waals surface area contributed by atoms with Crippen LogP contribution >= 0.6 is 0 Å². The second kappa shape index (κ2) is 10.1. The maximum absolute atomic E-state index is 12.8. The number of ether oxygens (including phenoxy) is 2. The van der Waals surface area contributed by atoms with Gasteiger partial charge >= 0.3 is 11.6 Å². The zero-order chi connectivity index (χ0) is 24.2. The zero-order valence-electron chi connectivity index (χ0n) is 19.6. The Morgan fingerprint density at radius 1 is 1.27 bits per heavy atom. The van der Waals surface area contributed by atoms with Crippen LogP contribution in [-0.4, -0.2) is 42.6 Å². The van der Waals surface area contributed by atoms with E-state index in [0.717, 1.165) is 30.2 Å². The number of fused-ring (bicyclic) bond motifs is 1. The lowest BCUT2D eigenvalue weighted by atomic mass is 9.81. The molecular weight excluding hydrogens is 424 g/mol. The molecule has 1 unspecified atom stereocenters. The standard InChI is InChI=1S/C25H30N2O6/c1-16-19-9-8-18(31-4)14-21(19)33-24(30)20(16)10-11-22(28)32-17(2)23(29)27(3)25(15-26)12-6-5-7-13-25/h8-9,14,17H,5-7,10-13H2,1-4H3. The predicted molar refractivity (Wildman–Crippen MR) is 122 cm³/mol. The number of aryl methyl sites for hydroxylation is 1. The molecule has 0 bridgehead atoms. The molecule has 1 aliphatic carbocycles. The summed E-state index contributed by atoms with van der Waals surface area (Å²) in [7, 11) is 3.13. The number of nitriles is 1. The summed E-state index contributed by atoms with van der Waals surface area (Å²) in [4.78, 5) is 39.2. The van der Waals surface area contributed by atoms with Crippen LogP contribution in [0.5, 0.6) is 5.75 Å². The fraction of sp³-hybridized carbons (Fsp3) is 0.520. The monoisotopic (exact) mass is 454 g/mol. The Balaban J connectivity index is 1.65. The number of likely N-dealkylation sites (N-methyl/N-ethyl adjacent to an activating group) is 1. The van der Waals surface area contributed by atoms with Crippen molar-refractivity contribution in [3.8, 4) is 11.8 Å². The molecule has 8 heteroatoms. The van der Waals surface area contributed by atoms with Crippen molar-refractivity contribution in [1.29, 1.82) is 5.26 Å². The van der Waals surface area contributed by atoms with Gasteiger partial charge in [0.25, 0.3) is 5.91 Å². The molecule has 176 valence electrons. The molecule has 1 amide bonds. The number of hydrogen-bond acceptors (Lipinski definition) is 7. The highest BCUT2D eigenvalue weighted by atomic mass is 16.5. The van der Waals surface area contributed by atoms with Gasteiger partial charge in [-0.15, -0.1) is 0 Å². The van der Waals surface area contributed by atoms with Crippen LogP contribution in [0, 0.1) is 18.3 Å². The van der Waals surface area contributed by atoms with E-state index in [1.54, 1.807) is 32.2 Å². The van der Waals surface area contributed by atoms with Gasteiger partial charge in [-0.25, -0.2) is 4.79 Å². The molecule has 1 heterocycles. The van der Waals surface area contributed by atoms with E-state index < -0.39 is 29.1 Å². The Bertz CT molecular complexity index is 1140. The van der Waals surface area contributed by atoms with Crippen molar-refractivity contribution < 1.29 is 23.5 Å². The molecule has 1 aliphatic rings. The Kier molecular flexibility index (Phi) is 7.42. The van der Waals surface area contributed by atoms with Crippen LogP contribution in [-0.2, 0) is 20.7 Å². The van der Waals surface area contributed by atoms with E-state index >= 15 is 0 Å². The lowest BCUT2D eigenvalue weighted by molar-refractivity contribution is -0.160. The minimum atomic E-state index is -1.02. The third kappa shape index (κ3) is 5.03. The first-order valence-electron chi connectivity index (χ1n) is 11.2. The number of esters is 1. The highest BCUT2D eigenvalue weighted by Gasteiger charge is 2.40. The van der Waals surface area contributed by atoms with Crippen molar-refractivity contribution in [3.63, 3.8) is 0 Å². The average molecular weight is 455 g/mol. The maximum atomic E-state index is 12.8. The van der Waals surface area contributed by atoms with Gasteiger partial charge in [0.15, 0.2) is 6.10 Å². The average Bonchev–Trinajstić information content (AvgIpc) is 2.82. The Hall–Kier alpha value is -3.34. The number of rotatable bonds is 7. The van der Waals surface area contributed by atoms with Crippen molar-refractivity contribution in [3.05, 3.63) is 39.7 Å². The van der Waals surface area contributed by atoms with Gasteiger partial charge in [0.05, 0.1) is 13.2 Å². The molecule has 33 heavy (non-hydrogen) atoms. The highest BCUT2D eigenvalue weighted by molar-refractivity contribution is 5.85. The molecule has 1 saturated carbocycles. The van der Waals surface area contributed by atoms with Gasteiger partial charge in [0, 0.05) is 30.5 Å². The summed E-state index contributed by atoms with van der Waals surface area (Å²) in [6.45, 7) is 3.31. The van der Waals surface area contributed by atoms with Crippen molar-refractivity contribution in [2.24, 2.45) is 0 Å². The van der Waals surface area contributed by atoms with Crippen molar-refractivity contribution in [1.82, 2.24) is 4.90 Å². The summed E-state index contributed by atoms with van der Waals surface area (Å²) in [5.41, 5.74) is 0.178. The van der Waals surface area contributed by atoms with E-state index in [1.165, 1.54) is 18.9 Å². The van der Waals surface area contributed by atoms with Crippen LogP contribution in [0.15, 0.2) is 27.4 Å². The topological polar surface area (TPSA) is 110 Å². The van der Waals surface area contributed by atoms with Crippen molar-refractivity contribution in [2.45, 2.75) is 70.4 Å². The summed E-state index contributed by atoms with van der Waals surface area (Å²) in [5, 5.41) is 10.5. The van der Waals surface area contributed by atoms with Crippen LogP contribution in [0.25, 0.3) is 11.0 Å². The molecule has 0 radical (unpaired) electrons. The number of amides is 1. The Morgan fingerprint density at radius 2 is 1.97 bits per heavy atom. The van der Waals surface area contributed by atoms with Crippen molar-refractivity contribution >= 4 is 22.8 Å². The van der Waals surface area contributed by atoms with E-state index in [1.807, 2.05) is 0 Å². The number of nitrogens with zero attached hydrogens (tertiary/aromatic N) is 2. The molecule has 1 atom stereocenters. The fourth-order valence-corrected chi connectivity index (χ4v) is 4.47. The molecule has 1 aromatic heterocycles. The van der Waals surface area contributed by atoms with Crippen LogP contribution < -0.4 is 10.4 Å². The summed E-state index contributed by atoms with van der Waals surface area (Å²) in [5.74, 6) is -0.411. The minimum Gasteiger partial charge on any atom is -0.497 e. The van der Waals surface area contributed by atoms with Gasteiger partial charge in [-0.1, -0.05) is 19.3 Å². The molecule has 0 aliphatic heterocycles. The van der Waals surface area contributed by atoms with E-state index in [-0.39, 0.29) is 12.8 Å². The second-order valence-corrected chi connectivity index (χ2v) is 8.59. The zero-order valence-corrected chi connectivity index (χ0v) is 19.6. The molecule has 1 fully saturated rings. The normalized spacial score (nSPS) is 16.0. The fourth-order valence-electron chi connectivity index (χ4n) is 4.47. The Morgan fingerprint density at radius 3 is 2.61 bits per heavy atom. The summed E-state index contributed by atoms with van der Waals surface area (Å²) in [6.07, 6.45) is 3.11. The molecule has 1 aromatic carbocycles. The molecule has 2 aromatic rings. The lowest BCUT2D eigenvalue weighted by Gasteiger charge is -2.39. The van der Waals surface area contributed by atoms with E-state index in [9.17, 15) is 19.6 Å². The SMILES string of the molecule is COc1ccc2c(C)c(CCC(=O)OC(C)C(=O)N(C)C3(C#N)CCCCC3)c(=O)oc2c1. The number of carbonyl (C=O) groups excluding carboxylic acids is 2. The summed E-state index contributed by atoms with van der Waals surface area (Å²) < 4.78 is 15.9. The third-order valence-electron chi connectivity index (χ3n) is 6.59. The van der Waals surface area contributed by atoms with Crippen LogP contribution in [0.1, 0.15) is 56.6 Å². The van der Waals surface area contributed by atoms with Gasteiger partial charge in [-0.3, -0.25) is 9.59 Å². The van der Waals surface area contributed by atoms with Gasteiger partial charge in [0.1, 0.15) is 16.9 Å². The quantitative estimate of drug-likeness (QED) is 0.464. The number of hydrogen-bond donors (Lipinski definition) is 0. The largest absolute Gasteiger partial charge is 0.497 e. The Labute approximate surface area is 193 Å². The minimum absolute atomic E-state index is 0.0714. The van der Waals surface area contributed by atoms with Gasteiger partial charge in [0.2, 0.25) is 0 Å². The predicted octanol–water partition coefficient (Wildman–Crippen LogP) is 3.66. The van der Waals surface area contributed by atoms with Crippen LogP contribution in [0.3, 0.4) is 0 Å². The van der Waals surface area contributed by atoms with Crippen molar-refractivity contribution in [2.75, 3.05) is 14.2 Å². The lowest BCUT2D eigenvalue weighted by Crippen LogP contribution is -2.53. The number of carbonyl (C=O) groups is 2. The molecular formula is C25H30N2O6. The molecule has 8 nitrogen and oxygen atoms in total. The number of methoxy groups -OCH3 is 1. The van der Waals surface area contributed by atoms with E-state index in [0.29, 0.717) is 29.7 Å². The first-order chi connectivity index (χ1) is 15.7. The number of benzene rings is 1. The summed E-state index contributed by atoms with van der Waals surface area (Å²) >= 11 is 0. The van der Waals surface area contributed by atoms with E-state index in [2.05, 4.69) is 6.07 Å². The van der Waals surface area contributed by atoms with Crippen LogP contribution in [0.4, 0.5) is 0 Å². The molecule has 0 spiro atoms. The maximum Gasteiger partial charge on any atom is 0.339 e. The summed E-state index contributed by atoms with van der Waals surface area (Å²) in [6, 6.07) is 7.53. The first-order valence-corrected chi connectivity index (χ1v) is 11.2. The van der Waals surface area contributed by atoms with Gasteiger partial charge < -0.3 is 18.8 Å². The van der Waals surface area contributed by atoms with E-state index in [4.69, 9.17) is 13.9 Å². The third-order valence-corrected chi connectivity index (χ3v) is 6.59. The smallest absolute Gasteiger partial charge is 0.339 e. The van der Waals surface area contributed by atoms with Gasteiger partial charge in [-0.2, -0.15) is 5.26 Å². The van der Waals surface area contributed by atoms with Crippen LogP contribution in [0.2, 0.25) is 0 Å². The second-order valence-electron chi connectivity index (χ2n) is 8.59. The highest BCUT2D eigenvalue weighted by Crippen LogP contribution is 2.33. The first kappa shape index (κ1) is 24.3. The molecule has 0 saturated heterocycles. The molecule has 0 N–H and O–H groups in total.